The SMILES string of the molecule is CCCNC(=O)c1cccc(Oc2ccc(Cl)cc2Nc2ccnc3nc(CCC)ccc23)c1. The van der Waals surface area contributed by atoms with E-state index in [1.165, 1.54) is 0 Å². The number of benzene rings is 2. The van der Waals surface area contributed by atoms with Crippen molar-refractivity contribution in [3.05, 3.63) is 83.1 Å². The van der Waals surface area contributed by atoms with Crippen LogP contribution in [0.25, 0.3) is 11.0 Å². The van der Waals surface area contributed by atoms with E-state index in [1.807, 2.05) is 31.2 Å². The van der Waals surface area contributed by atoms with Crippen LogP contribution in [0.5, 0.6) is 11.5 Å². The molecule has 4 rings (SSSR count). The van der Waals surface area contributed by atoms with E-state index in [4.69, 9.17) is 16.3 Å². The molecule has 2 aromatic heterocycles. The fourth-order valence-corrected chi connectivity index (χ4v) is 3.75. The molecule has 0 saturated heterocycles. The summed E-state index contributed by atoms with van der Waals surface area (Å²) < 4.78 is 6.16. The predicted molar refractivity (Wildman–Crippen MR) is 137 cm³/mol. The second kappa shape index (κ2) is 11.0. The maximum absolute atomic E-state index is 12.3. The van der Waals surface area contributed by atoms with E-state index in [-0.39, 0.29) is 5.91 Å². The van der Waals surface area contributed by atoms with Crippen molar-refractivity contribution >= 4 is 39.9 Å². The highest BCUT2D eigenvalue weighted by atomic mass is 35.5. The fourth-order valence-electron chi connectivity index (χ4n) is 3.58. The van der Waals surface area contributed by atoms with E-state index < -0.39 is 0 Å². The minimum atomic E-state index is -0.125. The molecule has 174 valence electrons. The number of nitrogens with one attached hydrogen (secondary N) is 2. The highest BCUT2D eigenvalue weighted by molar-refractivity contribution is 6.31. The summed E-state index contributed by atoms with van der Waals surface area (Å²) in [7, 11) is 0. The molecule has 0 atom stereocenters. The van der Waals surface area contributed by atoms with E-state index >= 15 is 0 Å². The molecule has 0 radical (unpaired) electrons. The first-order valence-corrected chi connectivity index (χ1v) is 11.8. The maximum atomic E-state index is 12.3. The van der Waals surface area contributed by atoms with Gasteiger partial charge in [0.05, 0.1) is 11.4 Å². The molecule has 0 unspecified atom stereocenters. The third-order valence-corrected chi connectivity index (χ3v) is 5.47. The zero-order valence-electron chi connectivity index (χ0n) is 19.3. The predicted octanol–water partition coefficient (Wildman–Crippen LogP) is 6.91. The van der Waals surface area contributed by atoms with Crippen molar-refractivity contribution in [3.8, 4) is 11.5 Å². The molecule has 0 aliphatic heterocycles. The Morgan fingerprint density at radius 2 is 1.88 bits per heavy atom. The number of carbonyl (C=O) groups excluding carboxylic acids is 1. The number of aryl methyl sites for hydroxylation is 1. The number of rotatable bonds is 9. The van der Waals surface area contributed by atoms with Crippen molar-refractivity contribution in [2.75, 3.05) is 11.9 Å². The molecule has 2 aromatic carbocycles. The second-order valence-corrected chi connectivity index (χ2v) is 8.37. The van der Waals surface area contributed by atoms with Gasteiger partial charge in [0.25, 0.3) is 5.91 Å². The third kappa shape index (κ3) is 5.64. The first-order valence-electron chi connectivity index (χ1n) is 11.4. The molecule has 4 aromatic rings. The van der Waals surface area contributed by atoms with E-state index in [9.17, 15) is 4.79 Å². The van der Waals surface area contributed by atoms with Crippen LogP contribution >= 0.6 is 11.6 Å². The molecule has 0 fully saturated rings. The summed E-state index contributed by atoms with van der Waals surface area (Å²) in [5, 5.41) is 7.79. The number of halogens is 1. The molecule has 34 heavy (non-hydrogen) atoms. The molecule has 7 heteroatoms. The molecule has 0 aliphatic rings. The molecule has 0 saturated carbocycles. The lowest BCUT2D eigenvalue weighted by Gasteiger charge is -2.15. The molecule has 0 spiro atoms. The molecule has 1 amide bonds. The molecule has 6 nitrogen and oxygen atoms in total. The first kappa shape index (κ1) is 23.5. The van der Waals surface area contributed by atoms with Gasteiger partial charge in [-0.3, -0.25) is 4.79 Å². The van der Waals surface area contributed by atoms with Crippen molar-refractivity contribution in [2.45, 2.75) is 33.1 Å². The Morgan fingerprint density at radius 1 is 1.00 bits per heavy atom. The van der Waals surface area contributed by atoms with Gasteiger partial charge in [0.1, 0.15) is 5.75 Å². The molecule has 2 heterocycles. The third-order valence-electron chi connectivity index (χ3n) is 5.24. The smallest absolute Gasteiger partial charge is 0.251 e. The van der Waals surface area contributed by atoms with Crippen LogP contribution < -0.4 is 15.4 Å². The zero-order chi connectivity index (χ0) is 23.9. The fraction of sp³-hybridized carbons (Fsp3) is 0.222. The highest BCUT2D eigenvalue weighted by Gasteiger charge is 2.12. The summed E-state index contributed by atoms with van der Waals surface area (Å²) >= 11 is 6.30. The van der Waals surface area contributed by atoms with Gasteiger partial charge in [-0.2, -0.15) is 0 Å². The van der Waals surface area contributed by atoms with E-state index in [0.29, 0.717) is 40.0 Å². The Labute approximate surface area is 204 Å². The van der Waals surface area contributed by atoms with Crippen molar-refractivity contribution in [1.82, 2.24) is 15.3 Å². The van der Waals surface area contributed by atoms with Gasteiger partial charge in [-0.15, -0.1) is 0 Å². The average molecular weight is 475 g/mol. The maximum Gasteiger partial charge on any atom is 0.251 e. The van der Waals surface area contributed by atoms with Gasteiger partial charge >= 0.3 is 0 Å². The average Bonchev–Trinajstić information content (AvgIpc) is 2.84. The van der Waals surface area contributed by atoms with Crippen LogP contribution in [-0.4, -0.2) is 22.4 Å². The Balaban J connectivity index is 1.62. The van der Waals surface area contributed by atoms with Gasteiger partial charge in [0.2, 0.25) is 0 Å². The molecule has 0 bridgehead atoms. The van der Waals surface area contributed by atoms with Gasteiger partial charge in [0.15, 0.2) is 11.4 Å². The number of hydrogen-bond acceptors (Lipinski definition) is 5. The number of ether oxygens (including phenoxy) is 1. The number of fused-ring (bicyclic) bond motifs is 1. The van der Waals surface area contributed by atoms with E-state index in [2.05, 4.69) is 27.5 Å². The lowest BCUT2D eigenvalue weighted by molar-refractivity contribution is 0.0953. The Hall–Kier alpha value is -3.64. The van der Waals surface area contributed by atoms with Crippen LogP contribution in [0.15, 0.2) is 66.9 Å². The van der Waals surface area contributed by atoms with Crippen molar-refractivity contribution < 1.29 is 9.53 Å². The normalized spacial score (nSPS) is 10.8. The largest absolute Gasteiger partial charge is 0.455 e. The van der Waals surface area contributed by atoms with Crippen LogP contribution in [0.4, 0.5) is 11.4 Å². The lowest BCUT2D eigenvalue weighted by Crippen LogP contribution is -2.23. The van der Waals surface area contributed by atoms with Crippen LogP contribution in [0.1, 0.15) is 42.7 Å². The lowest BCUT2D eigenvalue weighted by atomic mass is 10.1. The number of nitrogens with zero attached hydrogens (tertiary/aromatic N) is 2. The van der Waals surface area contributed by atoms with Crippen molar-refractivity contribution in [2.24, 2.45) is 0 Å². The van der Waals surface area contributed by atoms with Crippen molar-refractivity contribution in [1.29, 1.82) is 0 Å². The highest BCUT2D eigenvalue weighted by Crippen LogP contribution is 2.35. The van der Waals surface area contributed by atoms with Gasteiger partial charge in [-0.25, -0.2) is 9.97 Å². The molecule has 2 N–H and O–H groups in total. The number of pyridine rings is 2. The Bertz CT molecular complexity index is 1310. The minimum Gasteiger partial charge on any atom is -0.455 e. The van der Waals surface area contributed by atoms with Crippen LogP contribution in [0, 0.1) is 0 Å². The summed E-state index contributed by atoms with van der Waals surface area (Å²) in [6.45, 7) is 4.77. The van der Waals surface area contributed by atoms with Crippen molar-refractivity contribution in [3.63, 3.8) is 0 Å². The Morgan fingerprint density at radius 3 is 2.71 bits per heavy atom. The second-order valence-electron chi connectivity index (χ2n) is 7.93. The quantitative estimate of drug-likeness (QED) is 0.275. The van der Waals surface area contributed by atoms with E-state index in [0.717, 1.165) is 36.0 Å². The Kier molecular flexibility index (Phi) is 7.60. The van der Waals surface area contributed by atoms with Crippen LogP contribution in [-0.2, 0) is 6.42 Å². The standard InChI is InChI=1S/C27H27ClN4O2/c1-3-6-20-10-11-22-23(13-15-29-26(22)31-20)32-24-17-19(28)9-12-25(24)34-21-8-5-7-18(16-21)27(33)30-14-4-2/h5,7-13,15-17H,3-4,6,14H2,1-2H3,(H,30,33)(H,29,31,32). The van der Waals surface area contributed by atoms with Gasteiger partial charge in [0, 0.05) is 34.4 Å². The summed E-state index contributed by atoms with van der Waals surface area (Å²) in [6, 6.07) is 18.4. The minimum absolute atomic E-state index is 0.125. The van der Waals surface area contributed by atoms with Gasteiger partial charge in [-0.1, -0.05) is 37.9 Å². The summed E-state index contributed by atoms with van der Waals surface area (Å²) in [5.41, 5.74) is 3.79. The molecule has 0 aliphatic carbocycles. The first-order chi connectivity index (χ1) is 16.6. The molecular weight excluding hydrogens is 448 g/mol. The summed E-state index contributed by atoms with van der Waals surface area (Å²) in [4.78, 5) is 21.5. The van der Waals surface area contributed by atoms with Gasteiger partial charge in [-0.05, 0) is 67.4 Å². The number of aromatic nitrogens is 2. The van der Waals surface area contributed by atoms with Crippen LogP contribution in [0.2, 0.25) is 5.02 Å². The van der Waals surface area contributed by atoms with Gasteiger partial charge < -0.3 is 15.4 Å². The topological polar surface area (TPSA) is 76.1 Å². The molecular formula is C27H27ClN4O2. The van der Waals surface area contributed by atoms with E-state index in [1.54, 1.807) is 42.6 Å². The number of amides is 1. The summed E-state index contributed by atoms with van der Waals surface area (Å²) in [6.07, 6.45) is 4.55. The number of carbonyl (C=O) groups is 1. The number of anilines is 2. The number of hydrogen-bond donors (Lipinski definition) is 2. The summed E-state index contributed by atoms with van der Waals surface area (Å²) in [5.74, 6) is 1.01. The monoisotopic (exact) mass is 474 g/mol. The zero-order valence-corrected chi connectivity index (χ0v) is 20.0. The van der Waals surface area contributed by atoms with Crippen LogP contribution in [0.3, 0.4) is 0 Å².